The first-order valence-corrected chi connectivity index (χ1v) is 11.8. The van der Waals surface area contributed by atoms with E-state index in [1.165, 1.54) is 27.1 Å². The minimum atomic E-state index is -0.604. The molecule has 1 unspecified atom stereocenters. The van der Waals surface area contributed by atoms with Gasteiger partial charge in [0.05, 0.1) is 0 Å². The summed E-state index contributed by atoms with van der Waals surface area (Å²) in [7, 11) is -0.604. The maximum atomic E-state index is 4.64. The first-order chi connectivity index (χ1) is 14.8. The molecule has 0 fully saturated rings. The Hall–Kier alpha value is -2.95. The lowest BCUT2D eigenvalue weighted by molar-refractivity contribution is 0.691. The second-order valence-corrected chi connectivity index (χ2v) is 9.91. The number of hydrogen-bond acceptors (Lipinski definition) is 0. The number of allylic oxidation sites excluding steroid dienone is 1. The molecule has 0 spiro atoms. The smallest absolute Gasteiger partial charge is 0.00806 e. The molecule has 4 aromatic carbocycles. The molecule has 0 saturated carbocycles. The van der Waals surface area contributed by atoms with Crippen molar-refractivity contribution in [3.63, 3.8) is 0 Å². The summed E-state index contributed by atoms with van der Waals surface area (Å²) in [5.41, 5.74) is 2.77. The minimum absolute atomic E-state index is 0.415. The third-order valence-electron chi connectivity index (χ3n) is 5.42. The molecule has 1 atom stereocenters. The standard InChI is InChI=1S/C29H27P/c1-24(30(28-18-10-4-11-19-28)29-20-12-5-13-21-29)22-27(26-16-8-3-9-17-26)23-25-14-6-2-7-15-25/h2-21,27H,1,22-23H2. The Labute approximate surface area is 181 Å². The summed E-state index contributed by atoms with van der Waals surface area (Å²) in [5.74, 6) is 0.415. The van der Waals surface area contributed by atoms with Crippen LogP contribution < -0.4 is 10.6 Å². The van der Waals surface area contributed by atoms with Crippen LogP contribution in [0.5, 0.6) is 0 Å². The van der Waals surface area contributed by atoms with Gasteiger partial charge in [-0.1, -0.05) is 128 Å². The molecule has 0 bridgehead atoms. The molecule has 0 amide bonds. The van der Waals surface area contributed by atoms with Crippen LogP contribution >= 0.6 is 7.92 Å². The lowest BCUT2D eigenvalue weighted by Gasteiger charge is -2.26. The van der Waals surface area contributed by atoms with E-state index in [2.05, 4.69) is 128 Å². The molecule has 0 aromatic heterocycles. The molecule has 0 radical (unpaired) electrons. The van der Waals surface area contributed by atoms with Gasteiger partial charge in [0.1, 0.15) is 0 Å². The van der Waals surface area contributed by atoms with E-state index < -0.39 is 7.92 Å². The highest BCUT2D eigenvalue weighted by atomic mass is 31.1. The minimum Gasteiger partial charge on any atom is -0.0947 e. The van der Waals surface area contributed by atoms with Crippen LogP contribution in [0.15, 0.2) is 133 Å². The van der Waals surface area contributed by atoms with Crippen LogP contribution in [0.2, 0.25) is 0 Å². The van der Waals surface area contributed by atoms with Crippen LogP contribution in [-0.4, -0.2) is 0 Å². The zero-order valence-electron chi connectivity index (χ0n) is 17.2. The lowest BCUT2D eigenvalue weighted by Crippen LogP contribution is -2.14. The molecular weight excluding hydrogens is 379 g/mol. The predicted octanol–water partition coefficient (Wildman–Crippen LogP) is 7.05. The van der Waals surface area contributed by atoms with Crippen LogP contribution in [-0.2, 0) is 6.42 Å². The average Bonchev–Trinajstić information content (AvgIpc) is 2.81. The van der Waals surface area contributed by atoms with Crippen molar-refractivity contribution >= 4 is 18.5 Å². The van der Waals surface area contributed by atoms with Gasteiger partial charge in [0, 0.05) is 0 Å². The summed E-state index contributed by atoms with van der Waals surface area (Å²) in [6.45, 7) is 4.64. The maximum Gasteiger partial charge on any atom is -0.00806 e. The highest BCUT2D eigenvalue weighted by Gasteiger charge is 2.21. The van der Waals surface area contributed by atoms with Gasteiger partial charge in [0.2, 0.25) is 0 Å². The van der Waals surface area contributed by atoms with Crippen LogP contribution in [0.1, 0.15) is 23.5 Å². The quantitative estimate of drug-likeness (QED) is 0.275. The Morgan fingerprint density at radius 3 is 1.53 bits per heavy atom. The van der Waals surface area contributed by atoms with Gasteiger partial charge in [-0.05, 0) is 53.7 Å². The van der Waals surface area contributed by atoms with E-state index in [1.807, 2.05) is 0 Å². The first-order valence-electron chi connectivity index (χ1n) is 10.5. The van der Waals surface area contributed by atoms with Crippen molar-refractivity contribution in [2.45, 2.75) is 18.8 Å². The Morgan fingerprint density at radius 1 is 0.600 bits per heavy atom. The predicted molar refractivity (Wildman–Crippen MR) is 132 cm³/mol. The normalized spacial score (nSPS) is 11.9. The van der Waals surface area contributed by atoms with Crippen molar-refractivity contribution in [2.24, 2.45) is 0 Å². The van der Waals surface area contributed by atoms with Crippen molar-refractivity contribution < 1.29 is 0 Å². The van der Waals surface area contributed by atoms with Gasteiger partial charge >= 0.3 is 0 Å². The Kier molecular flexibility index (Phi) is 6.91. The molecule has 0 heterocycles. The second-order valence-electron chi connectivity index (χ2n) is 7.57. The van der Waals surface area contributed by atoms with E-state index in [4.69, 9.17) is 0 Å². The monoisotopic (exact) mass is 406 g/mol. The topological polar surface area (TPSA) is 0 Å². The zero-order valence-corrected chi connectivity index (χ0v) is 18.1. The van der Waals surface area contributed by atoms with Crippen molar-refractivity contribution in [3.8, 4) is 0 Å². The summed E-state index contributed by atoms with van der Waals surface area (Å²) in [5, 5.41) is 4.07. The molecule has 0 nitrogen and oxygen atoms in total. The SMILES string of the molecule is C=C(CC(Cc1ccccc1)c1ccccc1)P(c1ccccc1)c1ccccc1. The van der Waals surface area contributed by atoms with Gasteiger partial charge in [-0.15, -0.1) is 0 Å². The summed E-state index contributed by atoms with van der Waals surface area (Å²) in [4.78, 5) is 0. The molecule has 0 saturated heterocycles. The fraction of sp³-hybridized carbons (Fsp3) is 0.103. The van der Waals surface area contributed by atoms with Gasteiger partial charge in [0.25, 0.3) is 0 Å². The summed E-state index contributed by atoms with van der Waals surface area (Å²) < 4.78 is 0. The molecule has 0 aliphatic heterocycles. The summed E-state index contributed by atoms with van der Waals surface area (Å²) in [6.07, 6.45) is 2.00. The van der Waals surface area contributed by atoms with Gasteiger partial charge in [0.15, 0.2) is 0 Å². The van der Waals surface area contributed by atoms with E-state index in [1.54, 1.807) is 0 Å². The third kappa shape index (κ3) is 5.15. The van der Waals surface area contributed by atoms with Crippen LogP contribution in [0.25, 0.3) is 0 Å². The van der Waals surface area contributed by atoms with Crippen molar-refractivity contribution in [2.75, 3.05) is 0 Å². The molecule has 4 aromatic rings. The molecule has 0 N–H and O–H groups in total. The second kappa shape index (κ2) is 10.2. The van der Waals surface area contributed by atoms with Crippen molar-refractivity contribution in [1.82, 2.24) is 0 Å². The van der Waals surface area contributed by atoms with Gasteiger partial charge < -0.3 is 0 Å². The van der Waals surface area contributed by atoms with Crippen molar-refractivity contribution in [1.29, 1.82) is 0 Å². The van der Waals surface area contributed by atoms with Gasteiger partial charge in [-0.25, -0.2) is 0 Å². The van der Waals surface area contributed by atoms with Crippen LogP contribution in [0.4, 0.5) is 0 Å². The molecule has 30 heavy (non-hydrogen) atoms. The summed E-state index contributed by atoms with van der Waals surface area (Å²) >= 11 is 0. The Balaban J connectivity index is 1.65. The molecule has 0 aliphatic rings. The van der Waals surface area contributed by atoms with E-state index in [9.17, 15) is 0 Å². The van der Waals surface area contributed by atoms with E-state index >= 15 is 0 Å². The first kappa shape index (κ1) is 20.3. The highest BCUT2D eigenvalue weighted by Crippen LogP contribution is 2.46. The third-order valence-corrected chi connectivity index (χ3v) is 7.87. The lowest BCUT2D eigenvalue weighted by atomic mass is 9.89. The largest absolute Gasteiger partial charge is 0.0947 e. The maximum absolute atomic E-state index is 4.64. The van der Waals surface area contributed by atoms with E-state index in [0.717, 1.165) is 12.8 Å². The van der Waals surface area contributed by atoms with Crippen LogP contribution in [0, 0.1) is 0 Å². The molecule has 148 valence electrons. The molecule has 1 heteroatoms. The highest BCUT2D eigenvalue weighted by molar-refractivity contribution is 7.76. The van der Waals surface area contributed by atoms with E-state index in [0.29, 0.717) is 5.92 Å². The molecule has 4 rings (SSSR count). The average molecular weight is 407 g/mol. The Morgan fingerprint density at radius 2 is 1.03 bits per heavy atom. The fourth-order valence-corrected chi connectivity index (χ4v) is 6.35. The number of hydrogen-bond donors (Lipinski definition) is 0. The van der Waals surface area contributed by atoms with Crippen molar-refractivity contribution in [3.05, 3.63) is 144 Å². The van der Waals surface area contributed by atoms with E-state index in [-0.39, 0.29) is 0 Å². The summed E-state index contributed by atoms with van der Waals surface area (Å²) in [6, 6.07) is 43.4. The molecule has 0 aliphatic carbocycles. The van der Waals surface area contributed by atoms with Gasteiger partial charge in [-0.3, -0.25) is 0 Å². The fourth-order valence-electron chi connectivity index (χ4n) is 3.98. The number of benzene rings is 4. The van der Waals surface area contributed by atoms with Gasteiger partial charge in [-0.2, -0.15) is 0 Å². The Bertz CT molecular complexity index is 1000. The van der Waals surface area contributed by atoms with Crippen LogP contribution in [0.3, 0.4) is 0 Å². The molecular formula is C29H27P. The number of rotatable bonds is 8. The zero-order chi connectivity index (χ0) is 20.6.